The van der Waals surface area contributed by atoms with Crippen molar-refractivity contribution < 1.29 is 23.1 Å². The fourth-order valence-corrected chi connectivity index (χ4v) is 4.68. The number of para-hydroxylation sites is 1. The molecule has 4 aromatic rings. The summed E-state index contributed by atoms with van der Waals surface area (Å²) in [6.45, 7) is 0. The standard InChI is InChI=1S/C21H14N2O5S/c24-20(17-13-22-11-10-16(17)21(25)26)19-12-14-6-4-5-9-18(14)23(19)29(27,28)15-7-2-1-3-8-15/h1-13H,(H,25,26). The normalized spacial score (nSPS) is 11.4. The van der Waals surface area contributed by atoms with Crippen LogP contribution in [0, 0.1) is 0 Å². The Balaban J connectivity index is 2.02. The van der Waals surface area contributed by atoms with Crippen LogP contribution in [0.15, 0.2) is 84.0 Å². The third-order valence-corrected chi connectivity index (χ3v) is 6.22. The second-order valence-corrected chi connectivity index (χ2v) is 8.01. The van der Waals surface area contributed by atoms with E-state index in [0.717, 1.165) is 10.2 Å². The van der Waals surface area contributed by atoms with Crippen LogP contribution in [-0.2, 0) is 10.0 Å². The Hall–Kier alpha value is -3.78. The van der Waals surface area contributed by atoms with Crippen LogP contribution in [0.25, 0.3) is 10.9 Å². The number of hydrogen-bond acceptors (Lipinski definition) is 5. The summed E-state index contributed by atoms with van der Waals surface area (Å²) in [7, 11) is -4.11. The second-order valence-electron chi connectivity index (χ2n) is 6.23. The Kier molecular flexibility index (Phi) is 4.48. The first-order valence-electron chi connectivity index (χ1n) is 8.54. The van der Waals surface area contributed by atoms with E-state index in [2.05, 4.69) is 4.98 Å². The molecule has 7 nitrogen and oxygen atoms in total. The predicted octanol–water partition coefficient (Wildman–Crippen LogP) is 3.20. The molecule has 1 N–H and O–H groups in total. The van der Waals surface area contributed by atoms with Crippen LogP contribution in [0.3, 0.4) is 0 Å². The SMILES string of the molecule is O=C(O)c1ccncc1C(=O)c1cc2ccccc2n1S(=O)(=O)c1ccccc1. The molecule has 0 aliphatic rings. The summed E-state index contributed by atoms with van der Waals surface area (Å²) in [5, 5.41) is 9.94. The summed E-state index contributed by atoms with van der Waals surface area (Å²) in [6.07, 6.45) is 2.39. The van der Waals surface area contributed by atoms with Crippen molar-refractivity contribution in [3.63, 3.8) is 0 Å². The van der Waals surface area contributed by atoms with Crippen LogP contribution in [0.5, 0.6) is 0 Å². The minimum Gasteiger partial charge on any atom is -0.478 e. The number of carbonyl (C=O) groups excluding carboxylic acids is 1. The molecule has 0 bridgehead atoms. The first-order chi connectivity index (χ1) is 13.9. The minimum absolute atomic E-state index is 0.0139. The zero-order valence-corrected chi connectivity index (χ0v) is 15.7. The lowest BCUT2D eigenvalue weighted by molar-refractivity contribution is 0.0692. The molecule has 8 heteroatoms. The highest BCUT2D eigenvalue weighted by Crippen LogP contribution is 2.28. The molecular weight excluding hydrogens is 392 g/mol. The van der Waals surface area contributed by atoms with E-state index in [9.17, 15) is 23.1 Å². The summed E-state index contributed by atoms with van der Waals surface area (Å²) in [5.74, 6) is -2.05. The van der Waals surface area contributed by atoms with Crippen molar-refractivity contribution in [1.82, 2.24) is 8.96 Å². The van der Waals surface area contributed by atoms with Crippen molar-refractivity contribution in [2.75, 3.05) is 0 Å². The van der Waals surface area contributed by atoms with Crippen molar-refractivity contribution in [3.8, 4) is 0 Å². The van der Waals surface area contributed by atoms with Gasteiger partial charge in [0.15, 0.2) is 0 Å². The van der Waals surface area contributed by atoms with E-state index in [1.807, 2.05) is 0 Å². The molecule has 29 heavy (non-hydrogen) atoms. The number of fused-ring (bicyclic) bond motifs is 1. The Morgan fingerprint density at radius 3 is 2.31 bits per heavy atom. The number of ketones is 1. The molecule has 2 aromatic carbocycles. The number of aromatic nitrogens is 2. The molecule has 0 fully saturated rings. The summed E-state index contributed by atoms with van der Waals surface area (Å²) in [4.78, 5) is 28.6. The van der Waals surface area contributed by atoms with Gasteiger partial charge in [0.2, 0.25) is 5.78 Å². The molecule has 0 aliphatic heterocycles. The Bertz CT molecular complexity index is 1360. The average Bonchev–Trinajstić information content (AvgIpc) is 3.14. The van der Waals surface area contributed by atoms with Crippen LogP contribution < -0.4 is 0 Å². The number of rotatable bonds is 5. The molecular formula is C21H14N2O5S. The summed E-state index contributed by atoms with van der Waals surface area (Å²) < 4.78 is 27.7. The lowest BCUT2D eigenvalue weighted by Crippen LogP contribution is -2.20. The maximum atomic E-state index is 13.4. The predicted molar refractivity (Wildman–Crippen MR) is 106 cm³/mol. The van der Waals surface area contributed by atoms with Gasteiger partial charge in [-0.25, -0.2) is 17.2 Å². The number of hydrogen-bond donors (Lipinski definition) is 1. The van der Waals surface area contributed by atoms with Crippen LogP contribution in [0.1, 0.15) is 26.4 Å². The molecule has 144 valence electrons. The molecule has 0 saturated carbocycles. The van der Waals surface area contributed by atoms with Gasteiger partial charge in [-0.15, -0.1) is 0 Å². The average molecular weight is 406 g/mol. The van der Waals surface area contributed by atoms with Gasteiger partial charge in [-0.1, -0.05) is 36.4 Å². The number of pyridine rings is 1. The number of aromatic carboxylic acids is 1. The van der Waals surface area contributed by atoms with Crippen molar-refractivity contribution >= 4 is 32.7 Å². The minimum atomic E-state index is -4.11. The van der Waals surface area contributed by atoms with Gasteiger partial charge in [0.1, 0.15) is 5.69 Å². The van der Waals surface area contributed by atoms with Crippen LogP contribution >= 0.6 is 0 Å². The van der Waals surface area contributed by atoms with Crippen LogP contribution in [0.2, 0.25) is 0 Å². The highest BCUT2D eigenvalue weighted by atomic mass is 32.2. The number of nitrogens with zero attached hydrogens (tertiary/aromatic N) is 2. The zero-order valence-electron chi connectivity index (χ0n) is 14.9. The molecule has 0 amide bonds. The zero-order chi connectivity index (χ0) is 20.6. The van der Waals surface area contributed by atoms with E-state index in [0.29, 0.717) is 10.9 Å². The summed E-state index contributed by atoms with van der Waals surface area (Å²) in [6, 6.07) is 17.0. The Labute approximate surface area is 165 Å². The maximum absolute atomic E-state index is 13.4. The molecule has 0 saturated heterocycles. The van der Waals surface area contributed by atoms with Gasteiger partial charge in [-0.2, -0.15) is 0 Å². The van der Waals surface area contributed by atoms with Gasteiger partial charge in [0, 0.05) is 17.8 Å². The van der Waals surface area contributed by atoms with E-state index in [1.165, 1.54) is 30.5 Å². The third-order valence-electron chi connectivity index (χ3n) is 4.48. The number of carbonyl (C=O) groups is 2. The van der Waals surface area contributed by atoms with Gasteiger partial charge in [-0.3, -0.25) is 9.78 Å². The Morgan fingerprint density at radius 1 is 0.897 bits per heavy atom. The van der Waals surface area contributed by atoms with Gasteiger partial charge in [-0.05, 0) is 30.3 Å². The highest BCUT2D eigenvalue weighted by molar-refractivity contribution is 7.90. The lowest BCUT2D eigenvalue weighted by atomic mass is 10.0. The lowest BCUT2D eigenvalue weighted by Gasteiger charge is -2.12. The van der Waals surface area contributed by atoms with E-state index in [1.54, 1.807) is 42.5 Å². The van der Waals surface area contributed by atoms with Crippen molar-refractivity contribution in [3.05, 3.63) is 95.9 Å². The van der Waals surface area contributed by atoms with Crippen LogP contribution in [-0.4, -0.2) is 34.2 Å². The number of carboxylic acids is 1. The fraction of sp³-hybridized carbons (Fsp3) is 0. The fourth-order valence-electron chi connectivity index (χ4n) is 3.14. The highest BCUT2D eigenvalue weighted by Gasteiger charge is 2.28. The molecule has 2 heterocycles. The molecule has 0 atom stereocenters. The van der Waals surface area contributed by atoms with E-state index in [-0.39, 0.29) is 21.7 Å². The molecule has 0 aliphatic carbocycles. The smallest absolute Gasteiger partial charge is 0.336 e. The largest absolute Gasteiger partial charge is 0.478 e. The van der Waals surface area contributed by atoms with E-state index in [4.69, 9.17) is 0 Å². The maximum Gasteiger partial charge on any atom is 0.336 e. The molecule has 0 radical (unpaired) electrons. The first-order valence-corrected chi connectivity index (χ1v) is 9.98. The van der Waals surface area contributed by atoms with Crippen molar-refractivity contribution in [2.24, 2.45) is 0 Å². The van der Waals surface area contributed by atoms with Gasteiger partial charge < -0.3 is 5.11 Å². The van der Waals surface area contributed by atoms with Crippen molar-refractivity contribution in [1.29, 1.82) is 0 Å². The van der Waals surface area contributed by atoms with E-state index >= 15 is 0 Å². The monoisotopic (exact) mass is 406 g/mol. The van der Waals surface area contributed by atoms with Gasteiger partial charge in [0.25, 0.3) is 10.0 Å². The molecule has 4 rings (SSSR count). The summed E-state index contributed by atoms with van der Waals surface area (Å²) in [5.41, 5.74) is -0.280. The Morgan fingerprint density at radius 2 is 1.59 bits per heavy atom. The summed E-state index contributed by atoms with van der Waals surface area (Å²) >= 11 is 0. The number of benzene rings is 2. The first kappa shape index (κ1) is 18.6. The molecule has 0 unspecified atom stereocenters. The molecule has 0 spiro atoms. The van der Waals surface area contributed by atoms with E-state index < -0.39 is 21.8 Å². The third kappa shape index (κ3) is 3.09. The van der Waals surface area contributed by atoms with Crippen LogP contribution in [0.4, 0.5) is 0 Å². The quantitative estimate of drug-likeness (QED) is 0.510. The second kappa shape index (κ2) is 6.99. The number of carboxylic acid groups (broad SMARTS) is 1. The van der Waals surface area contributed by atoms with Gasteiger partial charge in [0.05, 0.1) is 21.5 Å². The van der Waals surface area contributed by atoms with Gasteiger partial charge >= 0.3 is 5.97 Å². The molecule has 2 aromatic heterocycles. The van der Waals surface area contributed by atoms with Crippen molar-refractivity contribution in [2.45, 2.75) is 4.90 Å². The topological polar surface area (TPSA) is 106 Å².